The summed E-state index contributed by atoms with van der Waals surface area (Å²) < 4.78 is 53.8. The Kier molecular flexibility index (Phi) is 5.39. The molecule has 0 aliphatic heterocycles. The van der Waals surface area contributed by atoms with E-state index in [4.69, 9.17) is 5.73 Å². The van der Waals surface area contributed by atoms with E-state index >= 15 is 0 Å². The minimum Gasteiger partial charge on any atom is -0.396 e. The van der Waals surface area contributed by atoms with Crippen LogP contribution < -0.4 is 11.2 Å². The topological polar surface area (TPSA) is 89.6 Å². The first-order valence-corrected chi connectivity index (χ1v) is 7.59. The van der Waals surface area contributed by atoms with E-state index in [-0.39, 0.29) is 27.4 Å². The number of nitrogen functional groups attached to an aromatic ring is 1. The first kappa shape index (κ1) is 18.1. The fraction of sp³-hybridized carbons (Fsp3) is 0.0833. The molecule has 2 aromatic rings. The molecule has 1 heterocycles. The van der Waals surface area contributed by atoms with Crippen LogP contribution in [0, 0.1) is 5.82 Å². The van der Waals surface area contributed by atoms with Gasteiger partial charge < -0.3 is 10.6 Å². The second-order valence-electron chi connectivity index (χ2n) is 4.17. The zero-order valence-corrected chi connectivity index (χ0v) is 13.8. The second kappa shape index (κ2) is 7.13. The molecule has 0 saturated carbocycles. The molecule has 2 rings (SSSR count). The maximum absolute atomic E-state index is 13.2. The minimum absolute atomic E-state index is 0.0181. The summed E-state index contributed by atoms with van der Waals surface area (Å²) in [6.07, 6.45) is -5.19. The predicted octanol–water partition coefficient (Wildman–Crippen LogP) is 3.32. The lowest BCUT2D eigenvalue weighted by Gasteiger charge is -2.10. The van der Waals surface area contributed by atoms with Gasteiger partial charge in [0.1, 0.15) is 11.5 Å². The number of hydrogen-bond donors (Lipinski definition) is 2. The molecule has 12 heteroatoms. The van der Waals surface area contributed by atoms with Crippen molar-refractivity contribution < 1.29 is 27.2 Å². The maximum Gasteiger partial charge on any atom is 0.493 e. The molecule has 0 fully saturated rings. The first-order chi connectivity index (χ1) is 11.2. The van der Waals surface area contributed by atoms with Crippen LogP contribution in [-0.4, -0.2) is 22.4 Å². The van der Waals surface area contributed by atoms with E-state index in [0.717, 1.165) is 17.6 Å². The lowest BCUT2D eigenvalue weighted by molar-refractivity contribution is -0.203. The molecule has 3 N–H and O–H groups in total. The van der Waals surface area contributed by atoms with Gasteiger partial charge in [0.2, 0.25) is 0 Å². The third-order valence-corrected chi connectivity index (χ3v) is 3.69. The van der Waals surface area contributed by atoms with Crippen molar-refractivity contribution in [3.63, 3.8) is 0 Å². The standard InChI is InChI=1S/C12H7BrF4N4O2S/c13-6-3-5(1-2-7(6)14)19-10(9-8(18)4-24-21-9)20-23-11(22)12(15,16)17/h1-4H,18H2,(H,19,20). The highest BCUT2D eigenvalue weighted by molar-refractivity contribution is 9.10. The van der Waals surface area contributed by atoms with E-state index < -0.39 is 18.0 Å². The van der Waals surface area contributed by atoms with Gasteiger partial charge >= 0.3 is 12.1 Å². The van der Waals surface area contributed by atoms with Crippen LogP contribution in [0.2, 0.25) is 0 Å². The third kappa shape index (κ3) is 4.41. The van der Waals surface area contributed by atoms with Crippen molar-refractivity contribution in [1.82, 2.24) is 9.85 Å². The largest absolute Gasteiger partial charge is 0.493 e. The number of aromatic nitrogens is 1. The van der Waals surface area contributed by atoms with Crippen LogP contribution >= 0.6 is 27.5 Å². The molecule has 0 bridgehead atoms. The fourth-order valence-electron chi connectivity index (χ4n) is 1.38. The number of halogens is 5. The third-order valence-electron chi connectivity index (χ3n) is 2.44. The molecule has 0 atom stereocenters. The number of amidine groups is 1. The first-order valence-electron chi connectivity index (χ1n) is 5.96. The lowest BCUT2D eigenvalue weighted by Crippen LogP contribution is -2.35. The molecule has 0 aliphatic rings. The number of carbonyl (C=O) groups is 1. The van der Waals surface area contributed by atoms with E-state index in [1.807, 2.05) is 0 Å². The van der Waals surface area contributed by atoms with E-state index in [1.54, 1.807) is 5.48 Å². The Balaban J connectivity index is 2.33. The summed E-state index contributed by atoms with van der Waals surface area (Å²) in [5, 5.41) is 1.42. The van der Waals surface area contributed by atoms with Crippen molar-refractivity contribution in [3.8, 4) is 0 Å². The number of nitrogens with zero attached hydrogens (tertiary/aromatic N) is 2. The molecule has 0 spiro atoms. The Morgan fingerprint density at radius 2 is 2.12 bits per heavy atom. The zero-order chi connectivity index (χ0) is 17.9. The van der Waals surface area contributed by atoms with Crippen LogP contribution in [0.25, 0.3) is 0 Å². The van der Waals surface area contributed by atoms with Crippen molar-refractivity contribution in [2.45, 2.75) is 6.18 Å². The SMILES string of the molecule is Nc1csnc1C(=Nc1ccc(F)c(Br)c1)NOC(=O)C(F)(F)F. The monoisotopic (exact) mass is 426 g/mol. The van der Waals surface area contributed by atoms with Gasteiger partial charge in [-0.15, -0.1) is 0 Å². The normalized spacial score (nSPS) is 12.1. The van der Waals surface area contributed by atoms with Crippen LogP contribution in [0.1, 0.15) is 5.69 Å². The van der Waals surface area contributed by atoms with E-state index in [2.05, 4.69) is 30.1 Å². The summed E-state index contributed by atoms with van der Waals surface area (Å²) >= 11 is 3.87. The van der Waals surface area contributed by atoms with Gasteiger partial charge in [-0.05, 0) is 45.7 Å². The quantitative estimate of drug-likeness (QED) is 0.332. The summed E-state index contributed by atoms with van der Waals surface area (Å²) in [6, 6.07) is 3.62. The molecule has 6 nitrogen and oxygen atoms in total. The number of benzene rings is 1. The number of hydrogen-bond acceptors (Lipinski definition) is 6. The van der Waals surface area contributed by atoms with E-state index in [9.17, 15) is 22.4 Å². The molecular weight excluding hydrogens is 420 g/mol. The van der Waals surface area contributed by atoms with Crippen LogP contribution in [0.3, 0.4) is 0 Å². The summed E-state index contributed by atoms with van der Waals surface area (Å²) in [5.41, 5.74) is 7.67. The average Bonchev–Trinajstić information content (AvgIpc) is 2.92. The Hall–Kier alpha value is -2.21. The molecule has 0 amide bonds. The zero-order valence-electron chi connectivity index (χ0n) is 11.4. The smallest absolute Gasteiger partial charge is 0.396 e. The summed E-state index contributed by atoms with van der Waals surface area (Å²) in [7, 11) is 0. The minimum atomic E-state index is -5.19. The molecule has 128 valence electrons. The molecule has 0 radical (unpaired) electrons. The molecular formula is C12H7BrF4N4O2S. The number of rotatable bonds is 2. The van der Waals surface area contributed by atoms with Gasteiger partial charge in [0.25, 0.3) is 0 Å². The summed E-state index contributed by atoms with van der Waals surface area (Å²) in [6.45, 7) is 0. The van der Waals surface area contributed by atoms with Gasteiger partial charge in [-0.2, -0.15) is 23.0 Å². The number of alkyl halides is 3. The highest BCUT2D eigenvalue weighted by Gasteiger charge is 2.42. The molecule has 24 heavy (non-hydrogen) atoms. The van der Waals surface area contributed by atoms with Crippen LogP contribution in [0.15, 0.2) is 33.0 Å². The molecule has 0 saturated heterocycles. The van der Waals surface area contributed by atoms with E-state index in [0.29, 0.717) is 0 Å². The van der Waals surface area contributed by atoms with Crippen molar-refractivity contribution in [1.29, 1.82) is 0 Å². The average molecular weight is 427 g/mol. The maximum atomic E-state index is 13.2. The summed E-state index contributed by atoms with van der Waals surface area (Å²) in [4.78, 5) is 18.7. The number of nitrogens with one attached hydrogen (secondary N) is 1. The van der Waals surface area contributed by atoms with Gasteiger partial charge in [0.05, 0.1) is 15.8 Å². The van der Waals surface area contributed by atoms with E-state index in [1.165, 1.54) is 17.5 Å². The Labute approximate surface area is 144 Å². The number of carbonyl (C=O) groups excluding carboxylic acids is 1. The predicted molar refractivity (Wildman–Crippen MR) is 82.1 cm³/mol. The molecule has 0 aliphatic carbocycles. The number of aliphatic imine (C=N–C) groups is 1. The number of hydroxylamine groups is 1. The Morgan fingerprint density at radius 1 is 1.42 bits per heavy atom. The van der Waals surface area contributed by atoms with Crippen molar-refractivity contribution >= 4 is 50.6 Å². The highest BCUT2D eigenvalue weighted by Crippen LogP contribution is 2.24. The van der Waals surface area contributed by atoms with Gasteiger partial charge in [-0.3, -0.25) is 0 Å². The summed E-state index contributed by atoms with van der Waals surface area (Å²) in [5.74, 6) is -3.37. The van der Waals surface area contributed by atoms with Gasteiger partial charge in [0, 0.05) is 5.38 Å². The molecule has 1 aromatic carbocycles. The number of anilines is 1. The van der Waals surface area contributed by atoms with Crippen LogP contribution in [0.5, 0.6) is 0 Å². The van der Waals surface area contributed by atoms with Crippen molar-refractivity contribution in [3.05, 3.63) is 39.6 Å². The van der Waals surface area contributed by atoms with Gasteiger partial charge in [-0.1, -0.05) is 0 Å². The lowest BCUT2D eigenvalue weighted by atomic mass is 10.3. The molecule has 0 unspecified atom stereocenters. The Bertz CT molecular complexity index is 794. The van der Waals surface area contributed by atoms with Crippen molar-refractivity contribution in [2.75, 3.05) is 5.73 Å². The highest BCUT2D eigenvalue weighted by atomic mass is 79.9. The van der Waals surface area contributed by atoms with Crippen LogP contribution in [-0.2, 0) is 9.63 Å². The van der Waals surface area contributed by atoms with Crippen LogP contribution in [0.4, 0.5) is 28.9 Å². The molecule has 1 aromatic heterocycles. The van der Waals surface area contributed by atoms with Gasteiger partial charge in [0.15, 0.2) is 5.84 Å². The second-order valence-corrected chi connectivity index (χ2v) is 5.65. The van der Waals surface area contributed by atoms with Crippen molar-refractivity contribution in [2.24, 2.45) is 4.99 Å². The fourth-order valence-corrected chi connectivity index (χ4v) is 2.33. The number of nitrogens with two attached hydrogens (primary N) is 1. The Morgan fingerprint density at radius 3 is 2.67 bits per heavy atom. The van der Waals surface area contributed by atoms with Gasteiger partial charge in [-0.25, -0.2) is 14.2 Å².